The first-order valence-electron chi connectivity index (χ1n) is 9.26. The highest BCUT2D eigenvalue weighted by Gasteiger charge is 2.20. The number of para-hydroxylation sites is 1. The Labute approximate surface area is 159 Å². The number of carbonyl (C=O) groups excluding carboxylic acids is 2. The minimum absolute atomic E-state index is 0.0807. The van der Waals surface area contributed by atoms with E-state index in [9.17, 15) is 9.59 Å². The highest BCUT2D eigenvalue weighted by Crippen LogP contribution is 2.16. The van der Waals surface area contributed by atoms with E-state index in [1.807, 2.05) is 23.1 Å². The smallest absolute Gasteiger partial charge is 0.338 e. The molecule has 2 aromatic rings. The van der Waals surface area contributed by atoms with Gasteiger partial charge < -0.3 is 19.9 Å². The standard InChI is InChI=1S/C21H25N3O3/c1-2-27-21(26)17-8-10-18(11-9-17)22-16-20(25)24-14-12-23(13-15-24)19-6-4-3-5-7-19/h3-11,22H,2,12-16H2,1H3. The predicted molar refractivity (Wildman–Crippen MR) is 106 cm³/mol. The van der Waals surface area contributed by atoms with Gasteiger partial charge in [0.05, 0.1) is 18.7 Å². The largest absolute Gasteiger partial charge is 0.462 e. The van der Waals surface area contributed by atoms with Crippen LogP contribution in [0.2, 0.25) is 0 Å². The number of nitrogens with one attached hydrogen (secondary N) is 1. The summed E-state index contributed by atoms with van der Waals surface area (Å²) in [6, 6.07) is 17.2. The van der Waals surface area contributed by atoms with Gasteiger partial charge in [0.2, 0.25) is 5.91 Å². The normalized spacial score (nSPS) is 14.0. The molecule has 6 nitrogen and oxygen atoms in total. The maximum atomic E-state index is 12.4. The van der Waals surface area contributed by atoms with Crippen LogP contribution in [0, 0.1) is 0 Å². The van der Waals surface area contributed by atoms with E-state index in [2.05, 4.69) is 22.3 Å². The summed E-state index contributed by atoms with van der Waals surface area (Å²) in [4.78, 5) is 28.3. The zero-order valence-electron chi connectivity index (χ0n) is 15.6. The van der Waals surface area contributed by atoms with Gasteiger partial charge in [-0.2, -0.15) is 0 Å². The molecule has 3 rings (SSSR count). The molecule has 1 heterocycles. The Balaban J connectivity index is 1.45. The molecule has 0 aromatic heterocycles. The van der Waals surface area contributed by atoms with Gasteiger partial charge in [0.15, 0.2) is 0 Å². The number of rotatable bonds is 6. The fourth-order valence-electron chi connectivity index (χ4n) is 3.08. The number of ether oxygens (including phenoxy) is 1. The van der Waals surface area contributed by atoms with Crippen molar-refractivity contribution in [3.63, 3.8) is 0 Å². The first kappa shape index (κ1) is 18.8. The van der Waals surface area contributed by atoms with Crippen molar-refractivity contribution in [3.8, 4) is 0 Å². The molecule has 0 saturated carbocycles. The molecule has 0 aliphatic carbocycles. The van der Waals surface area contributed by atoms with Crippen molar-refractivity contribution in [2.75, 3.05) is 49.5 Å². The first-order valence-corrected chi connectivity index (χ1v) is 9.26. The Bertz CT molecular complexity index is 754. The van der Waals surface area contributed by atoms with Gasteiger partial charge >= 0.3 is 5.97 Å². The van der Waals surface area contributed by atoms with E-state index in [1.54, 1.807) is 31.2 Å². The quantitative estimate of drug-likeness (QED) is 0.796. The number of hydrogen-bond donors (Lipinski definition) is 1. The zero-order chi connectivity index (χ0) is 19.1. The fourth-order valence-corrected chi connectivity index (χ4v) is 3.08. The van der Waals surface area contributed by atoms with Gasteiger partial charge in [-0.3, -0.25) is 4.79 Å². The van der Waals surface area contributed by atoms with Gasteiger partial charge in [0.25, 0.3) is 0 Å². The molecule has 0 atom stereocenters. The molecular formula is C21H25N3O3. The summed E-state index contributed by atoms with van der Waals surface area (Å²) in [5.74, 6) is -0.256. The third kappa shape index (κ3) is 5.00. The Hall–Kier alpha value is -3.02. The average molecular weight is 367 g/mol. The van der Waals surface area contributed by atoms with E-state index in [0.717, 1.165) is 31.9 Å². The van der Waals surface area contributed by atoms with Gasteiger partial charge in [-0.25, -0.2) is 4.79 Å². The van der Waals surface area contributed by atoms with Gasteiger partial charge in [-0.1, -0.05) is 18.2 Å². The van der Waals surface area contributed by atoms with Gasteiger partial charge in [-0.05, 0) is 43.3 Å². The van der Waals surface area contributed by atoms with Crippen molar-refractivity contribution in [1.82, 2.24) is 4.90 Å². The second kappa shape index (κ2) is 9.07. The van der Waals surface area contributed by atoms with Crippen molar-refractivity contribution in [1.29, 1.82) is 0 Å². The van der Waals surface area contributed by atoms with E-state index in [-0.39, 0.29) is 18.4 Å². The average Bonchev–Trinajstić information content (AvgIpc) is 2.73. The van der Waals surface area contributed by atoms with Crippen molar-refractivity contribution >= 4 is 23.3 Å². The summed E-state index contributed by atoms with van der Waals surface area (Å²) in [7, 11) is 0. The second-order valence-electron chi connectivity index (χ2n) is 6.35. The molecule has 1 aliphatic rings. The van der Waals surface area contributed by atoms with Crippen molar-refractivity contribution < 1.29 is 14.3 Å². The Kier molecular flexibility index (Phi) is 6.30. The lowest BCUT2D eigenvalue weighted by atomic mass is 10.2. The zero-order valence-corrected chi connectivity index (χ0v) is 15.6. The van der Waals surface area contributed by atoms with Crippen molar-refractivity contribution in [3.05, 3.63) is 60.2 Å². The van der Waals surface area contributed by atoms with Crippen LogP contribution in [0.15, 0.2) is 54.6 Å². The molecule has 1 amide bonds. The van der Waals surface area contributed by atoms with E-state index < -0.39 is 0 Å². The van der Waals surface area contributed by atoms with Crippen LogP contribution in [0.5, 0.6) is 0 Å². The summed E-state index contributed by atoms with van der Waals surface area (Å²) >= 11 is 0. The number of benzene rings is 2. The topological polar surface area (TPSA) is 61.9 Å². The second-order valence-corrected chi connectivity index (χ2v) is 6.35. The lowest BCUT2D eigenvalue weighted by Crippen LogP contribution is -2.50. The summed E-state index contributed by atoms with van der Waals surface area (Å²) in [6.07, 6.45) is 0. The van der Waals surface area contributed by atoms with E-state index in [4.69, 9.17) is 4.74 Å². The van der Waals surface area contributed by atoms with Crippen LogP contribution in [-0.2, 0) is 9.53 Å². The van der Waals surface area contributed by atoms with E-state index >= 15 is 0 Å². The summed E-state index contributed by atoms with van der Waals surface area (Å²) < 4.78 is 4.96. The number of amides is 1. The molecule has 0 spiro atoms. The van der Waals surface area contributed by atoms with Gasteiger partial charge in [0.1, 0.15) is 0 Å². The predicted octanol–water partition coefficient (Wildman–Crippen LogP) is 2.62. The molecule has 1 saturated heterocycles. The first-order chi connectivity index (χ1) is 13.2. The van der Waals surface area contributed by atoms with Crippen LogP contribution >= 0.6 is 0 Å². The lowest BCUT2D eigenvalue weighted by molar-refractivity contribution is -0.129. The lowest BCUT2D eigenvalue weighted by Gasteiger charge is -2.36. The van der Waals surface area contributed by atoms with E-state index in [0.29, 0.717) is 12.2 Å². The van der Waals surface area contributed by atoms with Crippen LogP contribution in [0.4, 0.5) is 11.4 Å². The SMILES string of the molecule is CCOC(=O)c1ccc(NCC(=O)N2CCN(c3ccccc3)CC2)cc1. The molecular weight excluding hydrogens is 342 g/mol. The van der Waals surface area contributed by atoms with E-state index in [1.165, 1.54) is 5.69 Å². The number of nitrogens with zero attached hydrogens (tertiary/aromatic N) is 2. The number of anilines is 2. The molecule has 0 unspecified atom stereocenters. The number of piperazine rings is 1. The Morgan fingerprint density at radius 2 is 1.63 bits per heavy atom. The third-order valence-corrected chi connectivity index (χ3v) is 4.59. The minimum atomic E-state index is -0.337. The number of carbonyl (C=O) groups is 2. The van der Waals surface area contributed by atoms with Crippen LogP contribution in [0.25, 0.3) is 0 Å². The minimum Gasteiger partial charge on any atom is -0.462 e. The van der Waals surface area contributed by atoms with Crippen LogP contribution in [-0.4, -0.2) is 56.1 Å². The monoisotopic (exact) mass is 367 g/mol. The summed E-state index contributed by atoms with van der Waals surface area (Å²) in [5, 5.41) is 3.13. The molecule has 1 fully saturated rings. The number of esters is 1. The fraction of sp³-hybridized carbons (Fsp3) is 0.333. The highest BCUT2D eigenvalue weighted by molar-refractivity contribution is 5.90. The molecule has 0 bridgehead atoms. The summed E-state index contributed by atoms with van der Waals surface area (Å²) in [5.41, 5.74) is 2.51. The maximum absolute atomic E-state index is 12.4. The molecule has 27 heavy (non-hydrogen) atoms. The Morgan fingerprint density at radius 3 is 2.26 bits per heavy atom. The molecule has 1 N–H and O–H groups in total. The number of hydrogen-bond acceptors (Lipinski definition) is 5. The van der Waals surface area contributed by atoms with Crippen molar-refractivity contribution in [2.45, 2.75) is 6.92 Å². The Morgan fingerprint density at radius 1 is 0.963 bits per heavy atom. The highest BCUT2D eigenvalue weighted by atomic mass is 16.5. The maximum Gasteiger partial charge on any atom is 0.338 e. The van der Waals surface area contributed by atoms with Crippen molar-refractivity contribution in [2.24, 2.45) is 0 Å². The molecule has 0 radical (unpaired) electrons. The summed E-state index contributed by atoms with van der Waals surface area (Å²) in [6.45, 7) is 5.48. The van der Waals surface area contributed by atoms with Gasteiger partial charge in [-0.15, -0.1) is 0 Å². The third-order valence-electron chi connectivity index (χ3n) is 4.59. The van der Waals surface area contributed by atoms with Gasteiger partial charge in [0, 0.05) is 37.6 Å². The van der Waals surface area contributed by atoms with Crippen LogP contribution < -0.4 is 10.2 Å². The van der Waals surface area contributed by atoms with Crippen LogP contribution in [0.1, 0.15) is 17.3 Å². The molecule has 1 aliphatic heterocycles. The molecule has 142 valence electrons. The molecule has 2 aromatic carbocycles. The van der Waals surface area contributed by atoms with Crippen LogP contribution in [0.3, 0.4) is 0 Å². The molecule has 6 heteroatoms.